The van der Waals surface area contributed by atoms with Crippen LogP contribution < -0.4 is 10.5 Å². The van der Waals surface area contributed by atoms with Gasteiger partial charge in [0.05, 0.1) is 12.6 Å². The van der Waals surface area contributed by atoms with E-state index >= 15 is 0 Å². The summed E-state index contributed by atoms with van der Waals surface area (Å²) in [7, 11) is 1.49. The number of nitrogens with zero attached hydrogens (tertiary/aromatic N) is 6. The minimum absolute atomic E-state index is 0.0861. The molecule has 0 saturated carbocycles. The van der Waals surface area contributed by atoms with Crippen molar-refractivity contribution in [2.75, 3.05) is 26.2 Å². The molecule has 0 aliphatic heterocycles. The van der Waals surface area contributed by atoms with Gasteiger partial charge in [0.2, 0.25) is 11.8 Å². The standard InChI is InChI=1S/C16H15F2N7O/c1-26-15-14-11(4-5-24(14)22-16(19)20-15)9-2-3-12-13(6-9)25(23-21-12)10(7-17)8-18/h2-6,10H,7-8H2,1H3,(H2,19,22). The summed E-state index contributed by atoms with van der Waals surface area (Å²) in [6.07, 6.45) is 1.73. The first kappa shape index (κ1) is 16.2. The number of hydrogen-bond acceptors (Lipinski definition) is 6. The number of benzene rings is 1. The molecule has 134 valence electrons. The van der Waals surface area contributed by atoms with Gasteiger partial charge in [-0.2, -0.15) is 4.98 Å². The second-order valence-electron chi connectivity index (χ2n) is 5.70. The van der Waals surface area contributed by atoms with Gasteiger partial charge in [0.25, 0.3) is 0 Å². The molecule has 1 aromatic carbocycles. The van der Waals surface area contributed by atoms with Crippen LogP contribution in [0.4, 0.5) is 14.7 Å². The summed E-state index contributed by atoms with van der Waals surface area (Å²) < 4.78 is 34.3. The van der Waals surface area contributed by atoms with Crippen LogP contribution >= 0.6 is 0 Å². The largest absolute Gasteiger partial charge is 0.479 e. The van der Waals surface area contributed by atoms with Gasteiger partial charge in [-0.3, -0.25) is 0 Å². The molecule has 0 saturated heterocycles. The fourth-order valence-corrected chi connectivity index (χ4v) is 2.93. The lowest BCUT2D eigenvalue weighted by molar-refractivity contribution is 0.274. The summed E-state index contributed by atoms with van der Waals surface area (Å²) in [6, 6.07) is 6.20. The number of ether oxygens (including phenoxy) is 1. The summed E-state index contributed by atoms with van der Waals surface area (Å²) >= 11 is 0. The lowest BCUT2D eigenvalue weighted by Crippen LogP contribution is -2.14. The highest BCUT2D eigenvalue weighted by molar-refractivity contribution is 5.89. The van der Waals surface area contributed by atoms with Crippen molar-refractivity contribution in [2.24, 2.45) is 0 Å². The number of nitrogens with two attached hydrogens (primary N) is 1. The maximum absolute atomic E-state index is 13.1. The van der Waals surface area contributed by atoms with Crippen LogP contribution in [0.3, 0.4) is 0 Å². The zero-order chi connectivity index (χ0) is 18.3. The van der Waals surface area contributed by atoms with Crippen LogP contribution in [0, 0.1) is 0 Å². The van der Waals surface area contributed by atoms with Gasteiger partial charge >= 0.3 is 0 Å². The Bertz CT molecular complexity index is 1090. The Morgan fingerprint density at radius 3 is 2.77 bits per heavy atom. The Morgan fingerprint density at radius 1 is 1.23 bits per heavy atom. The van der Waals surface area contributed by atoms with Gasteiger partial charge in [-0.25, -0.2) is 18.0 Å². The highest BCUT2D eigenvalue weighted by atomic mass is 19.1. The van der Waals surface area contributed by atoms with Crippen LogP contribution in [0.1, 0.15) is 6.04 Å². The molecule has 2 N–H and O–H groups in total. The van der Waals surface area contributed by atoms with Crippen molar-refractivity contribution in [3.8, 4) is 17.0 Å². The molecule has 3 aromatic heterocycles. The first-order valence-electron chi connectivity index (χ1n) is 7.82. The zero-order valence-corrected chi connectivity index (χ0v) is 13.8. The van der Waals surface area contributed by atoms with Crippen molar-refractivity contribution in [1.29, 1.82) is 0 Å². The topological polar surface area (TPSA) is 96.2 Å². The van der Waals surface area contributed by atoms with Crippen molar-refractivity contribution in [3.05, 3.63) is 30.5 Å². The van der Waals surface area contributed by atoms with E-state index in [9.17, 15) is 8.78 Å². The summed E-state index contributed by atoms with van der Waals surface area (Å²) in [5, 5.41) is 12.0. The maximum atomic E-state index is 13.1. The van der Waals surface area contributed by atoms with Gasteiger partial charge in [0.15, 0.2) is 0 Å². The molecule has 0 aliphatic rings. The summed E-state index contributed by atoms with van der Waals surface area (Å²) in [5.74, 6) is 0.414. The van der Waals surface area contributed by atoms with Gasteiger partial charge in [-0.15, -0.1) is 10.2 Å². The van der Waals surface area contributed by atoms with E-state index in [1.807, 2.05) is 12.1 Å². The van der Waals surface area contributed by atoms with Crippen LogP contribution in [0.15, 0.2) is 30.5 Å². The molecule has 3 heterocycles. The van der Waals surface area contributed by atoms with Crippen molar-refractivity contribution in [1.82, 2.24) is 29.6 Å². The molecule has 0 atom stereocenters. The van der Waals surface area contributed by atoms with Crippen LogP contribution in [0.25, 0.3) is 27.7 Å². The van der Waals surface area contributed by atoms with E-state index in [2.05, 4.69) is 20.4 Å². The zero-order valence-electron chi connectivity index (χ0n) is 13.8. The number of alkyl halides is 2. The molecule has 0 amide bonds. The monoisotopic (exact) mass is 359 g/mol. The van der Waals surface area contributed by atoms with Crippen LogP contribution in [0.2, 0.25) is 0 Å². The van der Waals surface area contributed by atoms with Crippen molar-refractivity contribution < 1.29 is 13.5 Å². The number of nitrogen functional groups attached to an aromatic ring is 1. The molecule has 0 bridgehead atoms. The van der Waals surface area contributed by atoms with E-state index in [1.54, 1.807) is 22.8 Å². The molecule has 8 nitrogen and oxygen atoms in total. The highest BCUT2D eigenvalue weighted by Crippen LogP contribution is 2.32. The molecular formula is C16H15F2N7O. The fourth-order valence-electron chi connectivity index (χ4n) is 2.93. The SMILES string of the molecule is COc1nc(N)nn2ccc(-c3ccc4nnn(C(CF)CF)c4c3)c12. The molecule has 0 spiro atoms. The van der Waals surface area contributed by atoms with Gasteiger partial charge < -0.3 is 10.5 Å². The van der Waals surface area contributed by atoms with E-state index in [4.69, 9.17) is 10.5 Å². The van der Waals surface area contributed by atoms with E-state index in [1.165, 1.54) is 11.8 Å². The second kappa shape index (κ2) is 6.21. The molecule has 0 radical (unpaired) electrons. The Kier molecular flexibility index (Phi) is 3.86. The number of rotatable bonds is 5. The lowest BCUT2D eigenvalue weighted by atomic mass is 10.1. The number of halogens is 2. The molecule has 4 aromatic rings. The Hall–Kier alpha value is -3.30. The van der Waals surface area contributed by atoms with Crippen LogP contribution in [-0.2, 0) is 0 Å². The summed E-state index contributed by atoms with van der Waals surface area (Å²) in [6.45, 7) is -1.73. The van der Waals surface area contributed by atoms with Gasteiger partial charge in [0.1, 0.15) is 30.4 Å². The quantitative estimate of drug-likeness (QED) is 0.587. The first-order valence-corrected chi connectivity index (χ1v) is 7.82. The van der Waals surface area contributed by atoms with Crippen LogP contribution in [0.5, 0.6) is 5.88 Å². The van der Waals surface area contributed by atoms with Gasteiger partial charge in [-0.05, 0) is 23.8 Å². The number of hydrogen-bond donors (Lipinski definition) is 1. The molecule has 26 heavy (non-hydrogen) atoms. The normalized spacial score (nSPS) is 11.7. The average molecular weight is 359 g/mol. The number of anilines is 1. The van der Waals surface area contributed by atoms with Gasteiger partial charge in [0, 0.05) is 11.8 Å². The maximum Gasteiger partial charge on any atom is 0.243 e. The third kappa shape index (κ3) is 2.41. The first-order chi connectivity index (χ1) is 12.7. The fraction of sp³-hybridized carbons (Fsp3) is 0.250. The predicted octanol–water partition coefficient (Wildman–Crippen LogP) is 2.21. The number of aromatic nitrogens is 6. The number of fused-ring (bicyclic) bond motifs is 2. The Labute approximate surface area is 146 Å². The molecule has 0 fully saturated rings. The van der Waals surface area contributed by atoms with E-state index < -0.39 is 19.4 Å². The number of methoxy groups -OCH3 is 1. The van der Waals surface area contributed by atoms with E-state index in [0.717, 1.165) is 11.1 Å². The average Bonchev–Trinajstić information content (AvgIpc) is 3.26. The van der Waals surface area contributed by atoms with E-state index in [0.29, 0.717) is 22.4 Å². The third-order valence-corrected chi connectivity index (χ3v) is 4.17. The molecule has 10 heteroatoms. The third-order valence-electron chi connectivity index (χ3n) is 4.17. The highest BCUT2D eigenvalue weighted by Gasteiger charge is 2.18. The second-order valence-corrected chi connectivity index (χ2v) is 5.70. The molecule has 4 rings (SSSR count). The van der Waals surface area contributed by atoms with Crippen molar-refractivity contribution in [3.63, 3.8) is 0 Å². The van der Waals surface area contributed by atoms with Crippen molar-refractivity contribution >= 4 is 22.5 Å². The van der Waals surface area contributed by atoms with E-state index in [-0.39, 0.29) is 5.95 Å². The molecule has 0 unspecified atom stereocenters. The Morgan fingerprint density at radius 2 is 2.04 bits per heavy atom. The smallest absolute Gasteiger partial charge is 0.243 e. The van der Waals surface area contributed by atoms with Crippen molar-refractivity contribution in [2.45, 2.75) is 6.04 Å². The van der Waals surface area contributed by atoms with Crippen LogP contribution in [-0.4, -0.2) is 50.1 Å². The molecular weight excluding hydrogens is 344 g/mol. The summed E-state index contributed by atoms with van der Waals surface area (Å²) in [5.41, 5.74) is 8.97. The minimum Gasteiger partial charge on any atom is -0.479 e. The summed E-state index contributed by atoms with van der Waals surface area (Å²) in [4.78, 5) is 4.10. The minimum atomic E-state index is -1.00. The van der Waals surface area contributed by atoms with Gasteiger partial charge in [-0.1, -0.05) is 11.3 Å². The Balaban J connectivity index is 1.92. The lowest BCUT2D eigenvalue weighted by Gasteiger charge is -2.10. The predicted molar refractivity (Wildman–Crippen MR) is 91.5 cm³/mol. The molecule has 0 aliphatic carbocycles.